The minimum absolute atomic E-state index is 0.403. The van der Waals surface area contributed by atoms with Crippen LogP contribution >= 0.6 is 11.6 Å². The third kappa shape index (κ3) is 6.35. The molecule has 0 bridgehead atoms. The van der Waals surface area contributed by atoms with Gasteiger partial charge in [0, 0.05) is 16.3 Å². The molecular formula is C18H20ClN3O3. The van der Waals surface area contributed by atoms with Gasteiger partial charge in [0.25, 0.3) is 5.91 Å². The maximum absolute atomic E-state index is 12.0. The molecule has 132 valence electrons. The molecule has 6 nitrogen and oxygen atoms in total. The van der Waals surface area contributed by atoms with Crippen molar-refractivity contribution in [1.29, 1.82) is 0 Å². The van der Waals surface area contributed by atoms with Gasteiger partial charge in [0.05, 0.1) is 6.61 Å². The lowest BCUT2D eigenvalue weighted by molar-refractivity contribution is 0.0938. The minimum atomic E-state index is -0.576. The zero-order valence-electron chi connectivity index (χ0n) is 14.0. The summed E-state index contributed by atoms with van der Waals surface area (Å²) < 4.78 is 5.55. The zero-order valence-corrected chi connectivity index (χ0v) is 14.8. The van der Waals surface area contributed by atoms with Crippen LogP contribution in [-0.2, 0) is 0 Å². The summed E-state index contributed by atoms with van der Waals surface area (Å²) >= 11 is 5.84. The standard InChI is InChI=1S/C18H20ClN3O3/c1-12(2)11-25-16-8-6-13(7-9-16)17(23)21-22-18(24)20-15-5-3-4-14(19)10-15/h3-10,12H,11H2,1-2H3,(H,21,23)(H2,20,22,24). The summed E-state index contributed by atoms with van der Waals surface area (Å²) in [6.45, 7) is 4.72. The molecule has 0 saturated heterocycles. The molecule has 0 heterocycles. The lowest BCUT2D eigenvalue weighted by atomic mass is 10.2. The number of carbonyl (C=O) groups excluding carboxylic acids is 2. The summed E-state index contributed by atoms with van der Waals surface area (Å²) in [5.74, 6) is 0.679. The van der Waals surface area contributed by atoms with E-state index < -0.39 is 11.9 Å². The van der Waals surface area contributed by atoms with Crippen LogP contribution in [0.5, 0.6) is 5.75 Å². The first-order chi connectivity index (χ1) is 11.9. The Morgan fingerprint density at radius 2 is 1.80 bits per heavy atom. The normalized spacial score (nSPS) is 10.2. The molecule has 2 aromatic rings. The molecule has 2 aromatic carbocycles. The Morgan fingerprint density at radius 3 is 2.44 bits per heavy atom. The molecule has 2 rings (SSSR count). The van der Waals surface area contributed by atoms with Crippen molar-refractivity contribution in [2.24, 2.45) is 5.92 Å². The van der Waals surface area contributed by atoms with E-state index in [1.54, 1.807) is 48.5 Å². The van der Waals surface area contributed by atoms with Crippen molar-refractivity contribution in [3.05, 3.63) is 59.1 Å². The molecule has 3 N–H and O–H groups in total. The molecule has 0 atom stereocenters. The van der Waals surface area contributed by atoms with E-state index in [9.17, 15) is 9.59 Å². The summed E-state index contributed by atoms with van der Waals surface area (Å²) in [7, 11) is 0. The van der Waals surface area contributed by atoms with Crippen molar-refractivity contribution in [3.63, 3.8) is 0 Å². The number of carbonyl (C=O) groups is 2. The van der Waals surface area contributed by atoms with Gasteiger partial charge in [-0.2, -0.15) is 0 Å². The second-order valence-electron chi connectivity index (χ2n) is 5.77. The molecule has 0 aliphatic carbocycles. The zero-order chi connectivity index (χ0) is 18.2. The summed E-state index contributed by atoms with van der Waals surface area (Å²) in [5, 5.41) is 3.06. The average molecular weight is 362 g/mol. The molecule has 0 unspecified atom stereocenters. The third-order valence-electron chi connectivity index (χ3n) is 3.07. The molecule has 0 fully saturated rings. The Hall–Kier alpha value is -2.73. The van der Waals surface area contributed by atoms with Crippen LogP contribution in [0.2, 0.25) is 5.02 Å². The van der Waals surface area contributed by atoms with Crippen molar-refractivity contribution >= 4 is 29.2 Å². The first-order valence-corrected chi connectivity index (χ1v) is 8.17. The maximum Gasteiger partial charge on any atom is 0.337 e. The van der Waals surface area contributed by atoms with E-state index in [2.05, 4.69) is 30.0 Å². The lowest BCUT2D eigenvalue weighted by Gasteiger charge is -2.10. The largest absolute Gasteiger partial charge is 0.493 e. The number of halogens is 1. The maximum atomic E-state index is 12.0. The quantitative estimate of drug-likeness (QED) is 0.708. The van der Waals surface area contributed by atoms with Gasteiger partial charge in [0.15, 0.2) is 0 Å². The van der Waals surface area contributed by atoms with Gasteiger partial charge < -0.3 is 10.1 Å². The number of anilines is 1. The van der Waals surface area contributed by atoms with Gasteiger partial charge in [-0.05, 0) is 48.4 Å². The van der Waals surface area contributed by atoms with Gasteiger partial charge in [0.2, 0.25) is 0 Å². The Kier molecular flexibility index (Phi) is 6.65. The number of amides is 3. The Morgan fingerprint density at radius 1 is 1.08 bits per heavy atom. The summed E-state index contributed by atoms with van der Waals surface area (Å²) in [6.07, 6.45) is 0. The highest BCUT2D eigenvalue weighted by molar-refractivity contribution is 6.30. The monoisotopic (exact) mass is 361 g/mol. The van der Waals surface area contributed by atoms with Crippen molar-refractivity contribution in [1.82, 2.24) is 10.9 Å². The Balaban J connectivity index is 1.82. The lowest BCUT2D eigenvalue weighted by Crippen LogP contribution is -2.43. The Labute approximate surface area is 151 Å². The predicted octanol–water partition coefficient (Wildman–Crippen LogP) is 3.84. The number of ether oxygens (including phenoxy) is 1. The van der Waals surface area contributed by atoms with Crippen LogP contribution < -0.4 is 20.9 Å². The molecule has 0 aromatic heterocycles. The molecule has 0 radical (unpaired) electrons. The molecule has 0 aliphatic rings. The second kappa shape index (κ2) is 8.94. The van der Waals surface area contributed by atoms with E-state index in [0.717, 1.165) is 0 Å². The number of hydrazine groups is 1. The molecule has 0 spiro atoms. The second-order valence-corrected chi connectivity index (χ2v) is 6.21. The molecule has 0 aliphatic heterocycles. The number of hydrogen-bond acceptors (Lipinski definition) is 3. The van der Waals surface area contributed by atoms with E-state index in [1.807, 2.05) is 0 Å². The van der Waals surface area contributed by atoms with E-state index in [0.29, 0.717) is 34.5 Å². The van der Waals surface area contributed by atoms with Crippen LogP contribution in [0.15, 0.2) is 48.5 Å². The fourth-order valence-electron chi connectivity index (χ4n) is 1.88. The predicted molar refractivity (Wildman–Crippen MR) is 97.8 cm³/mol. The number of rotatable bonds is 5. The van der Waals surface area contributed by atoms with Gasteiger partial charge in [-0.25, -0.2) is 10.2 Å². The van der Waals surface area contributed by atoms with Gasteiger partial charge in [-0.3, -0.25) is 10.2 Å². The number of benzene rings is 2. The van der Waals surface area contributed by atoms with Crippen molar-refractivity contribution in [2.45, 2.75) is 13.8 Å². The van der Waals surface area contributed by atoms with Crippen LogP contribution in [0, 0.1) is 5.92 Å². The van der Waals surface area contributed by atoms with Crippen LogP contribution in [0.4, 0.5) is 10.5 Å². The fraction of sp³-hybridized carbons (Fsp3) is 0.222. The van der Waals surface area contributed by atoms with E-state index >= 15 is 0 Å². The van der Waals surface area contributed by atoms with Crippen LogP contribution in [0.3, 0.4) is 0 Å². The molecule has 3 amide bonds. The average Bonchev–Trinajstić information content (AvgIpc) is 2.58. The van der Waals surface area contributed by atoms with E-state index in [1.165, 1.54) is 0 Å². The topological polar surface area (TPSA) is 79.5 Å². The summed E-state index contributed by atoms with van der Waals surface area (Å²) in [4.78, 5) is 23.8. The molecule has 7 heteroatoms. The first-order valence-electron chi connectivity index (χ1n) is 7.80. The van der Waals surface area contributed by atoms with Crippen LogP contribution in [-0.4, -0.2) is 18.5 Å². The Bertz CT molecular complexity index is 733. The third-order valence-corrected chi connectivity index (χ3v) is 3.31. The van der Waals surface area contributed by atoms with E-state index in [4.69, 9.17) is 16.3 Å². The number of hydrogen-bond donors (Lipinski definition) is 3. The highest BCUT2D eigenvalue weighted by Gasteiger charge is 2.08. The number of nitrogens with one attached hydrogen (secondary N) is 3. The number of urea groups is 1. The van der Waals surface area contributed by atoms with E-state index in [-0.39, 0.29) is 0 Å². The highest BCUT2D eigenvalue weighted by Crippen LogP contribution is 2.15. The molecular weight excluding hydrogens is 342 g/mol. The van der Waals surface area contributed by atoms with Crippen molar-refractivity contribution in [3.8, 4) is 5.75 Å². The smallest absolute Gasteiger partial charge is 0.337 e. The summed E-state index contributed by atoms with van der Waals surface area (Å²) in [6, 6.07) is 12.8. The van der Waals surface area contributed by atoms with Gasteiger partial charge in [-0.15, -0.1) is 0 Å². The molecule has 25 heavy (non-hydrogen) atoms. The first kappa shape index (κ1) is 18.6. The fourth-order valence-corrected chi connectivity index (χ4v) is 2.07. The summed E-state index contributed by atoms with van der Waals surface area (Å²) in [5.41, 5.74) is 5.53. The van der Waals surface area contributed by atoms with Crippen LogP contribution in [0.1, 0.15) is 24.2 Å². The van der Waals surface area contributed by atoms with Crippen molar-refractivity contribution < 1.29 is 14.3 Å². The van der Waals surface area contributed by atoms with Crippen molar-refractivity contribution in [2.75, 3.05) is 11.9 Å². The SMILES string of the molecule is CC(C)COc1ccc(C(=O)NNC(=O)Nc2cccc(Cl)c2)cc1. The highest BCUT2D eigenvalue weighted by atomic mass is 35.5. The van der Waals surface area contributed by atoms with Crippen LogP contribution in [0.25, 0.3) is 0 Å². The minimum Gasteiger partial charge on any atom is -0.493 e. The molecule has 0 saturated carbocycles. The van der Waals surface area contributed by atoms with Gasteiger partial charge in [0.1, 0.15) is 5.75 Å². The van der Waals surface area contributed by atoms with Gasteiger partial charge in [-0.1, -0.05) is 31.5 Å². The van der Waals surface area contributed by atoms with Gasteiger partial charge >= 0.3 is 6.03 Å².